The third-order valence-electron chi connectivity index (χ3n) is 5.45. The van der Waals surface area contributed by atoms with Crippen LogP contribution in [0.1, 0.15) is 74.4 Å². The van der Waals surface area contributed by atoms with Crippen LogP contribution in [0.25, 0.3) is 5.57 Å². The van der Waals surface area contributed by atoms with E-state index in [4.69, 9.17) is 0 Å². The summed E-state index contributed by atoms with van der Waals surface area (Å²) in [6, 6.07) is 19.9. The number of hydrogen-bond acceptors (Lipinski definition) is 1. The quantitative estimate of drug-likeness (QED) is 0.191. The average Bonchev–Trinajstić information content (AvgIpc) is 2.94. The van der Waals surface area contributed by atoms with E-state index in [2.05, 4.69) is 50.5 Å². The van der Waals surface area contributed by atoms with Crippen LogP contribution in [0.4, 0.5) is 10.1 Å². The first-order chi connectivity index (χ1) is 18.7. The predicted octanol–water partition coefficient (Wildman–Crippen LogP) is 10.8. The minimum Gasteiger partial charge on any atom is -0.328 e. The zero-order chi connectivity index (χ0) is 30.2. The van der Waals surface area contributed by atoms with Gasteiger partial charge in [0.25, 0.3) is 0 Å². The normalized spacial score (nSPS) is 9.85. The van der Waals surface area contributed by atoms with Crippen molar-refractivity contribution >= 4 is 17.7 Å². The Morgan fingerprint density at radius 1 is 0.897 bits per heavy atom. The average molecular weight is 532 g/mol. The summed E-state index contributed by atoms with van der Waals surface area (Å²) in [5, 5.41) is 2.62. The molecule has 0 heterocycles. The van der Waals surface area contributed by atoms with Gasteiger partial charge in [-0.3, -0.25) is 4.79 Å². The Hall–Kier alpha value is -3.72. The maximum Gasteiger partial charge on any atom is 0.211 e. The fraction of sp³-hybridized carbons (Fsp3) is 0.306. The molecule has 1 amide bonds. The summed E-state index contributed by atoms with van der Waals surface area (Å²) < 4.78 is 13.9. The Balaban J connectivity index is 0. The highest BCUT2D eigenvalue weighted by Gasteiger charge is 2.08. The van der Waals surface area contributed by atoms with Crippen LogP contribution < -0.4 is 5.32 Å². The molecule has 0 fully saturated rings. The zero-order valence-electron chi connectivity index (χ0n) is 25.7. The maximum absolute atomic E-state index is 13.9. The van der Waals surface area contributed by atoms with Crippen LogP contribution in [0.2, 0.25) is 0 Å². The van der Waals surface area contributed by atoms with E-state index in [9.17, 15) is 9.18 Å². The van der Waals surface area contributed by atoms with Gasteiger partial charge in [0, 0.05) is 5.69 Å². The highest BCUT2D eigenvalue weighted by Crippen LogP contribution is 2.22. The molecule has 0 aliphatic rings. The molecular formula is C36H50FNO. The van der Waals surface area contributed by atoms with Crippen molar-refractivity contribution < 1.29 is 9.18 Å². The molecule has 39 heavy (non-hydrogen) atoms. The third kappa shape index (κ3) is 16.0. The van der Waals surface area contributed by atoms with E-state index in [1.54, 1.807) is 6.07 Å². The molecule has 0 aliphatic carbocycles. The lowest BCUT2D eigenvalue weighted by Gasteiger charge is -2.10. The van der Waals surface area contributed by atoms with Gasteiger partial charge >= 0.3 is 0 Å². The summed E-state index contributed by atoms with van der Waals surface area (Å²) in [7, 11) is 0. The van der Waals surface area contributed by atoms with Gasteiger partial charge in [-0.1, -0.05) is 105 Å². The van der Waals surface area contributed by atoms with Crippen LogP contribution in [0.5, 0.6) is 0 Å². The number of aryl methyl sites for hydroxylation is 4. The van der Waals surface area contributed by atoms with Crippen LogP contribution in [-0.4, -0.2) is 6.41 Å². The number of benzene rings is 3. The van der Waals surface area contributed by atoms with Crippen molar-refractivity contribution in [2.24, 2.45) is 0 Å². The molecule has 3 rings (SSSR count). The highest BCUT2D eigenvalue weighted by atomic mass is 19.1. The van der Waals surface area contributed by atoms with Gasteiger partial charge in [-0.2, -0.15) is 0 Å². The standard InChI is InChI=1S/C16H21F.C9H11NO.C7H8.C2H6.C2H4/c1-5-7-9-12(3)14-10-13(4)15(8-6-2)16(17)11-14;1-7-3-4-9(10-6-11)8(2)5-7;1-7-5-3-2-4-6-7;2*1-2/h5,7,9-11H,6,8H2,1-4H3;3-6H,1-2H3,(H,10,11);2-6H,1H3;1-2H3;1-2H2/b7-5-,12-9+;;;;. The highest BCUT2D eigenvalue weighted by molar-refractivity contribution is 5.73. The molecule has 212 valence electrons. The van der Waals surface area contributed by atoms with Crippen LogP contribution in [0.3, 0.4) is 0 Å². The molecule has 3 heteroatoms. The first-order valence-electron chi connectivity index (χ1n) is 13.6. The van der Waals surface area contributed by atoms with E-state index in [0.29, 0.717) is 6.41 Å². The van der Waals surface area contributed by atoms with Crippen molar-refractivity contribution in [1.29, 1.82) is 0 Å². The molecule has 2 nitrogen and oxygen atoms in total. The smallest absolute Gasteiger partial charge is 0.211 e. The molecule has 3 aromatic carbocycles. The minimum atomic E-state index is -0.0740. The lowest BCUT2D eigenvalue weighted by molar-refractivity contribution is -0.105. The second-order valence-corrected chi connectivity index (χ2v) is 8.61. The first kappa shape index (κ1) is 37.4. The maximum atomic E-state index is 13.9. The lowest BCUT2D eigenvalue weighted by Crippen LogP contribution is -1.96. The Labute approximate surface area is 238 Å². The van der Waals surface area contributed by atoms with E-state index in [1.807, 2.05) is 103 Å². The molecule has 0 radical (unpaired) electrons. The number of carbonyl (C=O) groups excluding carboxylic acids is 1. The number of halogens is 1. The van der Waals surface area contributed by atoms with E-state index in [1.165, 1.54) is 11.1 Å². The SMILES string of the molecule is C/C=C\C=C(/C)c1cc(C)c(CCC)c(F)c1.C=C.CC.Cc1ccc(NC=O)c(C)c1.Cc1ccccc1. The molecule has 1 N–H and O–H groups in total. The molecule has 3 aromatic rings. The monoisotopic (exact) mass is 531 g/mol. The summed E-state index contributed by atoms with van der Waals surface area (Å²) in [6.45, 7) is 24.1. The van der Waals surface area contributed by atoms with Crippen molar-refractivity contribution in [2.75, 3.05) is 5.32 Å². The second-order valence-electron chi connectivity index (χ2n) is 8.61. The summed E-state index contributed by atoms with van der Waals surface area (Å²) >= 11 is 0. The lowest BCUT2D eigenvalue weighted by atomic mass is 9.97. The van der Waals surface area contributed by atoms with Gasteiger partial charge in [-0.25, -0.2) is 4.39 Å². The van der Waals surface area contributed by atoms with Crippen LogP contribution in [0, 0.1) is 33.5 Å². The first-order valence-corrected chi connectivity index (χ1v) is 13.6. The Kier molecular flexibility index (Phi) is 22.5. The van der Waals surface area contributed by atoms with E-state index in [0.717, 1.165) is 46.4 Å². The number of carbonyl (C=O) groups is 1. The summed E-state index contributed by atoms with van der Waals surface area (Å²) in [4.78, 5) is 10.1. The summed E-state index contributed by atoms with van der Waals surface area (Å²) in [5.74, 6) is -0.0740. The molecule has 0 unspecified atom stereocenters. The van der Waals surface area contributed by atoms with Gasteiger partial charge in [0.2, 0.25) is 6.41 Å². The minimum absolute atomic E-state index is 0.0740. The van der Waals surface area contributed by atoms with Crippen molar-refractivity contribution in [3.05, 3.63) is 131 Å². The molecule has 0 saturated heterocycles. The van der Waals surface area contributed by atoms with Crippen LogP contribution >= 0.6 is 0 Å². The van der Waals surface area contributed by atoms with Gasteiger partial charge in [0.1, 0.15) is 5.82 Å². The fourth-order valence-electron chi connectivity index (χ4n) is 3.48. The van der Waals surface area contributed by atoms with Gasteiger partial charge in [0.15, 0.2) is 0 Å². The molecular weight excluding hydrogens is 481 g/mol. The van der Waals surface area contributed by atoms with Gasteiger partial charge in [-0.15, -0.1) is 13.2 Å². The van der Waals surface area contributed by atoms with Crippen LogP contribution in [-0.2, 0) is 11.2 Å². The second kappa shape index (κ2) is 23.4. The molecule has 0 saturated carbocycles. The number of rotatable bonds is 6. The molecule has 0 aliphatic heterocycles. The van der Waals surface area contributed by atoms with Crippen molar-refractivity contribution in [2.45, 2.75) is 75.2 Å². The summed E-state index contributed by atoms with van der Waals surface area (Å²) in [5.41, 5.74) is 8.47. The Morgan fingerprint density at radius 2 is 1.51 bits per heavy atom. The van der Waals surface area contributed by atoms with E-state index < -0.39 is 0 Å². The largest absolute Gasteiger partial charge is 0.328 e. The van der Waals surface area contributed by atoms with E-state index >= 15 is 0 Å². The molecule has 0 spiro atoms. The van der Waals surface area contributed by atoms with Gasteiger partial charge in [-0.05, 0) is 87.9 Å². The number of allylic oxidation sites excluding steroid dienone is 4. The van der Waals surface area contributed by atoms with Gasteiger partial charge < -0.3 is 5.32 Å². The van der Waals surface area contributed by atoms with Crippen molar-refractivity contribution in [1.82, 2.24) is 0 Å². The van der Waals surface area contributed by atoms with Crippen molar-refractivity contribution in [3.63, 3.8) is 0 Å². The van der Waals surface area contributed by atoms with E-state index in [-0.39, 0.29) is 5.82 Å². The van der Waals surface area contributed by atoms with Gasteiger partial charge in [0.05, 0.1) is 0 Å². The number of hydrogen-bond donors (Lipinski definition) is 1. The third-order valence-corrected chi connectivity index (χ3v) is 5.45. The number of nitrogens with one attached hydrogen (secondary N) is 1. The number of anilines is 1. The predicted molar refractivity (Wildman–Crippen MR) is 173 cm³/mol. The number of amides is 1. The fourth-order valence-corrected chi connectivity index (χ4v) is 3.48. The topological polar surface area (TPSA) is 29.1 Å². The Bertz CT molecular complexity index is 1110. The zero-order valence-corrected chi connectivity index (χ0v) is 25.7. The summed E-state index contributed by atoms with van der Waals surface area (Å²) in [6.07, 6.45) is 8.44. The molecule has 0 atom stereocenters. The van der Waals surface area contributed by atoms with Crippen LogP contribution in [0.15, 0.2) is 92.0 Å². The Morgan fingerprint density at radius 3 is 1.95 bits per heavy atom. The van der Waals surface area contributed by atoms with Crippen molar-refractivity contribution in [3.8, 4) is 0 Å². The molecule has 0 bridgehead atoms. The molecule has 0 aromatic heterocycles.